The summed E-state index contributed by atoms with van der Waals surface area (Å²) in [6.07, 6.45) is 2.57. The number of hydrogen-bond acceptors (Lipinski definition) is 5. The summed E-state index contributed by atoms with van der Waals surface area (Å²) in [5.74, 6) is -0.0299. The van der Waals surface area contributed by atoms with Gasteiger partial charge in [0.2, 0.25) is 5.91 Å². The van der Waals surface area contributed by atoms with Crippen LogP contribution >= 0.6 is 0 Å². The molecule has 27 heavy (non-hydrogen) atoms. The van der Waals surface area contributed by atoms with Gasteiger partial charge in [0, 0.05) is 23.3 Å². The van der Waals surface area contributed by atoms with Gasteiger partial charge >= 0.3 is 0 Å². The molecule has 1 aliphatic heterocycles. The third-order valence-corrected chi connectivity index (χ3v) is 5.18. The highest BCUT2D eigenvalue weighted by molar-refractivity contribution is 6.06. The topological polar surface area (TPSA) is 118 Å². The number of benzene rings is 1. The predicted molar refractivity (Wildman–Crippen MR) is 106 cm³/mol. The Hall–Kier alpha value is -2.71. The molecule has 1 fully saturated rings. The van der Waals surface area contributed by atoms with E-state index in [1.165, 1.54) is 0 Å². The Morgan fingerprint density at radius 1 is 1.44 bits per heavy atom. The molecule has 0 bridgehead atoms. The molecule has 8 nitrogen and oxygen atoms in total. The lowest BCUT2D eigenvalue weighted by molar-refractivity contribution is -0.117. The molecule has 1 aromatic carbocycles. The number of aromatic amines is 1. The first-order valence-electron chi connectivity index (χ1n) is 9.35. The maximum Gasteiger partial charge on any atom is 0.262 e. The zero-order chi connectivity index (χ0) is 19.0. The molecule has 8 heteroatoms. The van der Waals surface area contributed by atoms with E-state index < -0.39 is 0 Å². The van der Waals surface area contributed by atoms with Crippen LogP contribution in [0.15, 0.2) is 23.0 Å². The summed E-state index contributed by atoms with van der Waals surface area (Å²) < 4.78 is 1.75. The number of hydrogen-bond donors (Lipinski definition) is 4. The third kappa shape index (κ3) is 3.11. The Bertz CT molecular complexity index is 1060. The van der Waals surface area contributed by atoms with Gasteiger partial charge in [-0.2, -0.15) is 5.10 Å². The van der Waals surface area contributed by atoms with Gasteiger partial charge in [0.25, 0.3) is 5.56 Å². The largest absolute Gasteiger partial charge is 0.330 e. The summed E-state index contributed by atoms with van der Waals surface area (Å²) in [4.78, 5) is 25.4. The van der Waals surface area contributed by atoms with Crippen LogP contribution in [0.5, 0.6) is 0 Å². The minimum Gasteiger partial charge on any atom is -0.330 e. The summed E-state index contributed by atoms with van der Waals surface area (Å²) in [5.41, 5.74) is 8.45. The second-order valence-corrected chi connectivity index (χ2v) is 7.04. The summed E-state index contributed by atoms with van der Waals surface area (Å²) in [7, 11) is 0. The van der Waals surface area contributed by atoms with Crippen molar-refractivity contribution in [2.75, 3.05) is 18.4 Å². The van der Waals surface area contributed by atoms with E-state index >= 15 is 0 Å². The van der Waals surface area contributed by atoms with Gasteiger partial charge in [-0.25, -0.2) is 0 Å². The van der Waals surface area contributed by atoms with Crippen LogP contribution in [0.2, 0.25) is 0 Å². The van der Waals surface area contributed by atoms with E-state index in [0.717, 1.165) is 36.0 Å². The molecule has 4 rings (SSSR count). The van der Waals surface area contributed by atoms with Crippen molar-refractivity contribution in [3.8, 4) is 0 Å². The van der Waals surface area contributed by atoms with Crippen molar-refractivity contribution in [3.05, 3.63) is 34.2 Å². The number of nitrogens with zero attached hydrogens (tertiary/aromatic N) is 2. The maximum atomic E-state index is 13.0. The van der Waals surface area contributed by atoms with Gasteiger partial charge in [0.15, 0.2) is 0 Å². The van der Waals surface area contributed by atoms with Crippen LogP contribution in [0.1, 0.15) is 25.0 Å². The zero-order valence-corrected chi connectivity index (χ0v) is 15.3. The van der Waals surface area contributed by atoms with Gasteiger partial charge in [-0.15, -0.1) is 0 Å². The number of carbonyl (C=O) groups is 1. The minimum atomic E-state index is -0.146. The first-order valence-corrected chi connectivity index (χ1v) is 9.35. The fourth-order valence-electron chi connectivity index (χ4n) is 3.78. The van der Waals surface area contributed by atoms with Crippen molar-refractivity contribution in [1.29, 1.82) is 0 Å². The molecular weight excluding hydrogens is 344 g/mol. The van der Waals surface area contributed by atoms with E-state index in [2.05, 4.69) is 20.8 Å². The van der Waals surface area contributed by atoms with Gasteiger partial charge in [-0.05, 0) is 57.5 Å². The molecule has 0 saturated carbocycles. The number of aromatic nitrogens is 3. The Kier molecular flexibility index (Phi) is 4.67. The molecule has 0 radical (unpaired) electrons. The normalized spacial score (nSPS) is 17.0. The smallest absolute Gasteiger partial charge is 0.262 e. The monoisotopic (exact) mass is 368 g/mol. The van der Waals surface area contributed by atoms with Crippen molar-refractivity contribution in [1.82, 2.24) is 20.1 Å². The average Bonchev–Trinajstić information content (AvgIpc) is 3.32. The van der Waals surface area contributed by atoms with Crippen LogP contribution in [0, 0.1) is 6.92 Å². The van der Waals surface area contributed by atoms with Crippen molar-refractivity contribution < 1.29 is 4.79 Å². The van der Waals surface area contributed by atoms with Crippen molar-refractivity contribution >= 4 is 33.4 Å². The first-order chi connectivity index (χ1) is 13.1. The zero-order valence-electron chi connectivity index (χ0n) is 15.3. The van der Waals surface area contributed by atoms with Crippen LogP contribution in [0.4, 0.5) is 5.69 Å². The number of anilines is 1. The van der Waals surface area contributed by atoms with Crippen LogP contribution < -0.4 is 21.9 Å². The van der Waals surface area contributed by atoms with Gasteiger partial charge < -0.3 is 20.9 Å². The molecule has 0 aliphatic carbocycles. The Morgan fingerprint density at radius 3 is 3.04 bits per heavy atom. The highest BCUT2D eigenvalue weighted by atomic mass is 16.2. The second-order valence-electron chi connectivity index (χ2n) is 7.04. The lowest BCUT2D eigenvalue weighted by atomic mass is 10.1. The fraction of sp³-hybridized carbons (Fsp3) is 0.421. The van der Waals surface area contributed by atoms with E-state index in [0.29, 0.717) is 36.1 Å². The van der Waals surface area contributed by atoms with Crippen molar-refractivity contribution in [3.63, 3.8) is 0 Å². The van der Waals surface area contributed by atoms with Crippen LogP contribution in [-0.2, 0) is 11.3 Å². The average molecular weight is 368 g/mol. The number of rotatable bonds is 5. The number of nitrogens with two attached hydrogens (primary N) is 1. The Balaban J connectivity index is 1.82. The SMILES string of the molecule is Cc1[nH]nc2c1c(=O)n(CCCN)c1ccc(NC(=O)[C@@H]3CCCN3)cc21. The number of carbonyl (C=O) groups excluding carboxylic acids is 1. The van der Waals surface area contributed by atoms with Gasteiger partial charge in [0.05, 0.1) is 16.9 Å². The standard InChI is InChI=1S/C19H24N6O2/c1-11-16-17(24-23-11)13-10-12(22-18(26)14-4-2-8-21-14)5-6-15(13)25(19(16)27)9-3-7-20/h5-6,10,14,21H,2-4,7-9,20H2,1H3,(H,22,26)(H,23,24)/t14-/m0/s1. The van der Waals surface area contributed by atoms with Crippen LogP contribution in [0.25, 0.3) is 21.8 Å². The number of amides is 1. The number of H-pyrrole nitrogens is 1. The Labute approximate surface area is 156 Å². The van der Waals surface area contributed by atoms with Gasteiger partial charge in [-0.1, -0.05) is 0 Å². The van der Waals surface area contributed by atoms with E-state index in [1.807, 2.05) is 25.1 Å². The quantitative estimate of drug-likeness (QED) is 0.540. The number of aryl methyl sites for hydroxylation is 2. The maximum absolute atomic E-state index is 13.0. The Morgan fingerprint density at radius 2 is 2.30 bits per heavy atom. The van der Waals surface area contributed by atoms with Crippen LogP contribution in [0.3, 0.4) is 0 Å². The van der Waals surface area contributed by atoms with Gasteiger partial charge in [0.1, 0.15) is 5.52 Å². The molecule has 0 unspecified atom stereocenters. The van der Waals surface area contributed by atoms with Crippen molar-refractivity contribution in [2.45, 2.75) is 38.8 Å². The molecular formula is C19H24N6O2. The lowest BCUT2D eigenvalue weighted by Gasteiger charge is -2.14. The summed E-state index contributed by atoms with van der Waals surface area (Å²) in [6, 6.07) is 5.45. The first kappa shape index (κ1) is 17.7. The summed E-state index contributed by atoms with van der Waals surface area (Å²) in [5, 5.41) is 14.8. The summed E-state index contributed by atoms with van der Waals surface area (Å²) in [6.45, 7) is 3.77. The van der Waals surface area contributed by atoms with Gasteiger partial charge in [-0.3, -0.25) is 14.7 Å². The molecule has 1 aliphatic rings. The molecule has 1 amide bonds. The van der Waals surface area contributed by atoms with E-state index in [9.17, 15) is 9.59 Å². The molecule has 1 atom stereocenters. The number of nitrogens with one attached hydrogen (secondary N) is 3. The number of fused-ring (bicyclic) bond motifs is 3. The van der Waals surface area contributed by atoms with Crippen molar-refractivity contribution in [2.24, 2.45) is 5.73 Å². The lowest BCUT2D eigenvalue weighted by Crippen LogP contribution is -2.35. The molecule has 0 spiro atoms. The molecule has 5 N–H and O–H groups in total. The number of pyridine rings is 1. The highest BCUT2D eigenvalue weighted by Crippen LogP contribution is 2.26. The predicted octanol–water partition coefficient (Wildman–Crippen LogP) is 1.23. The molecule has 1 saturated heterocycles. The third-order valence-electron chi connectivity index (χ3n) is 5.18. The highest BCUT2D eigenvalue weighted by Gasteiger charge is 2.22. The molecule has 142 valence electrons. The molecule has 3 aromatic rings. The van der Waals surface area contributed by atoms with E-state index in [1.54, 1.807) is 4.57 Å². The van der Waals surface area contributed by atoms with E-state index in [-0.39, 0.29) is 17.5 Å². The fourth-order valence-corrected chi connectivity index (χ4v) is 3.78. The van der Waals surface area contributed by atoms with E-state index in [4.69, 9.17) is 5.73 Å². The molecule has 2 aromatic heterocycles. The van der Waals surface area contributed by atoms with Crippen LogP contribution in [-0.4, -0.2) is 39.8 Å². The second kappa shape index (κ2) is 7.13. The summed E-state index contributed by atoms with van der Waals surface area (Å²) >= 11 is 0. The molecule has 3 heterocycles. The minimum absolute atomic E-state index is 0.0299.